The number of hydrogen-bond donors (Lipinski definition) is 2. The monoisotopic (exact) mass is 396 g/mol. The number of carbonyl (C=O) groups excluding carboxylic acids is 1. The molecule has 2 bridgehead atoms. The summed E-state index contributed by atoms with van der Waals surface area (Å²) in [5, 5.41) is 3.11. The second kappa shape index (κ2) is 8.37. The van der Waals surface area contributed by atoms with E-state index in [-0.39, 0.29) is 24.5 Å². The van der Waals surface area contributed by atoms with Gasteiger partial charge in [0.25, 0.3) is 5.56 Å². The van der Waals surface area contributed by atoms with Crippen LogP contribution in [0, 0.1) is 11.8 Å². The van der Waals surface area contributed by atoms with E-state index >= 15 is 0 Å². The summed E-state index contributed by atoms with van der Waals surface area (Å²) in [6, 6.07) is 11.2. The van der Waals surface area contributed by atoms with Crippen LogP contribution in [0.2, 0.25) is 0 Å². The van der Waals surface area contributed by atoms with Gasteiger partial charge in [-0.1, -0.05) is 36.8 Å². The SMILES string of the molecule is NC1CC2CCCC(C1)C2NC(=O)Cn1c(=O)ccn(Cc2ccccc2)c1=O. The molecular formula is C22H28N4O3. The van der Waals surface area contributed by atoms with Crippen molar-refractivity contribution in [2.45, 2.75) is 57.3 Å². The zero-order valence-electron chi connectivity index (χ0n) is 16.5. The highest BCUT2D eigenvalue weighted by Crippen LogP contribution is 2.39. The Bertz CT molecular complexity index is 968. The molecule has 0 radical (unpaired) electrons. The van der Waals surface area contributed by atoms with Crippen LogP contribution in [-0.4, -0.2) is 27.1 Å². The zero-order valence-corrected chi connectivity index (χ0v) is 16.5. The van der Waals surface area contributed by atoms with Gasteiger partial charge >= 0.3 is 5.69 Å². The molecule has 1 aromatic heterocycles. The first-order chi connectivity index (χ1) is 14.0. The lowest BCUT2D eigenvalue weighted by Gasteiger charge is -2.45. The van der Waals surface area contributed by atoms with Gasteiger partial charge in [-0.2, -0.15) is 0 Å². The predicted octanol–water partition coefficient (Wildman–Crippen LogP) is 1.08. The maximum absolute atomic E-state index is 12.8. The van der Waals surface area contributed by atoms with Crippen molar-refractivity contribution < 1.29 is 4.79 Å². The number of nitrogens with one attached hydrogen (secondary N) is 1. The van der Waals surface area contributed by atoms with Crippen molar-refractivity contribution in [3.63, 3.8) is 0 Å². The van der Waals surface area contributed by atoms with Crippen LogP contribution in [0.5, 0.6) is 0 Å². The number of nitrogens with two attached hydrogens (primary N) is 1. The fraction of sp³-hybridized carbons (Fsp3) is 0.500. The highest BCUT2D eigenvalue weighted by molar-refractivity contribution is 5.76. The predicted molar refractivity (Wildman–Crippen MR) is 110 cm³/mol. The molecule has 2 atom stereocenters. The maximum Gasteiger partial charge on any atom is 0.331 e. The minimum Gasteiger partial charge on any atom is -0.351 e. The Hall–Kier alpha value is -2.67. The third-order valence-corrected chi connectivity index (χ3v) is 6.34. The first kappa shape index (κ1) is 19.6. The van der Waals surface area contributed by atoms with Crippen LogP contribution >= 0.6 is 0 Å². The average molecular weight is 396 g/mol. The molecule has 7 heteroatoms. The van der Waals surface area contributed by atoms with Crippen molar-refractivity contribution in [1.82, 2.24) is 14.5 Å². The quantitative estimate of drug-likeness (QED) is 0.790. The van der Waals surface area contributed by atoms with E-state index in [2.05, 4.69) is 5.32 Å². The van der Waals surface area contributed by atoms with E-state index in [1.54, 1.807) is 0 Å². The summed E-state index contributed by atoms with van der Waals surface area (Å²) in [6.45, 7) is 0.0987. The molecule has 2 aromatic rings. The Morgan fingerprint density at radius 2 is 1.76 bits per heavy atom. The third-order valence-electron chi connectivity index (χ3n) is 6.34. The largest absolute Gasteiger partial charge is 0.351 e. The molecule has 2 aliphatic rings. The number of hydrogen-bond acceptors (Lipinski definition) is 4. The molecule has 154 valence electrons. The number of carbonyl (C=O) groups is 1. The van der Waals surface area contributed by atoms with Crippen LogP contribution in [0.3, 0.4) is 0 Å². The Kier molecular flexibility index (Phi) is 5.67. The van der Waals surface area contributed by atoms with E-state index in [0.717, 1.165) is 35.8 Å². The fourth-order valence-corrected chi connectivity index (χ4v) is 5.00. The first-order valence-electron chi connectivity index (χ1n) is 10.4. The van der Waals surface area contributed by atoms with Gasteiger partial charge in [0.05, 0.1) is 6.54 Å². The number of rotatable bonds is 5. The molecule has 0 spiro atoms. The molecule has 2 unspecified atom stereocenters. The van der Waals surface area contributed by atoms with Crippen LogP contribution in [0.4, 0.5) is 0 Å². The summed E-state index contributed by atoms with van der Waals surface area (Å²) >= 11 is 0. The molecule has 2 fully saturated rings. The van der Waals surface area contributed by atoms with Gasteiger partial charge in [-0.05, 0) is 43.1 Å². The van der Waals surface area contributed by atoms with Crippen LogP contribution in [0.15, 0.2) is 52.2 Å². The van der Waals surface area contributed by atoms with Gasteiger partial charge in [-0.15, -0.1) is 0 Å². The minimum absolute atomic E-state index is 0.0991. The second-order valence-electron chi connectivity index (χ2n) is 8.41. The van der Waals surface area contributed by atoms with Crippen LogP contribution in [-0.2, 0) is 17.9 Å². The number of nitrogens with zero attached hydrogens (tertiary/aromatic N) is 2. The van der Waals surface area contributed by atoms with Gasteiger partial charge in [-0.25, -0.2) is 4.79 Å². The summed E-state index contributed by atoms with van der Waals surface area (Å²) in [5.74, 6) is 0.506. The van der Waals surface area contributed by atoms with Crippen molar-refractivity contribution in [1.29, 1.82) is 0 Å². The lowest BCUT2D eigenvalue weighted by molar-refractivity contribution is -0.124. The second-order valence-corrected chi connectivity index (χ2v) is 8.41. The van der Waals surface area contributed by atoms with Gasteiger partial charge in [0.1, 0.15) is 6.54 Å². The minimum atomic E-state index is -0.470. The molecule has 2 saturated carbocycles. The fourth-order valence-electron chi connectivity index (χ4n) is 5.00. The van der Waals surface area contributed by atoms with E-state index in [1.807, 2.05) is 30.3 Å². The normalized spacial score (nSPS) is 26.1. The molecule has 1 amide bonds. The molecular weight excluding hydrogens is 368 g/mol. The van der Waals surface area contributed by atoms with Crippen molar-refractivity contribution >= 4 is 5.91 Å². The van der Waals surface area contributed by atoms with Crippen molar-refractivity contribution in [2.75, 3.05) is 0 Å². The number of benzene rings is 1. The Morgan fingerprint density at radius 1 is 1.07 bits per heavy atom. The maximum atomic E-state index is 12.8. The van der Waals surface area contributed by atoms with Crippen LogP contribution in [0.25, 0.3) is 0 Å². The summed E-state index contributed by atoms with van der Waals surface area (Å²) in [7, 11) is 0. The first-order valence-corrected chi connectivity index (χ1v) is 10.4. The Balaban J connectivity index is 1.49. The number of amides is 1. The lowest BCUT2D eigenvalue weighted by atomic mass is 9.67. The average Bonchev–Trinajstić information content (AvgIpc) is 2.69. The molecule has 29 heavy (non-hydrogen) atoms. The molecule has 1 aromatic carbocycles. The van der Waals surface area contributed by atoms with Gasteiger partial charge in [0.2, 0.25) is 5.91 Å². The summed E-state index contributed by atoms with van der Waals surface area (Å²) in [6.07, 6.45) is 6.66. The van der Waals surface area contributed by atoms with E-state index in [0.29, 0.717) is 18.4 Å². The highest BCUT2D eigenvalue weighted by atomic mass is 16.2. The van der Waals surface area contributed by atoms with Crippen LogP contribution < -0.4 is 22.3 Å². The van der Waals surface area contributed by atoms with E-state index < -0.39 is 11.2 Å². The van der Waals surface area contributed by atoms with Gasteiger partial charge in [-0.3, -0.25) is 18.7 Å². The molecule has 2 aliphatic carbocycles. The van der Waals surface area contributed by atoms with Crippen molar-refractivity contribution in [2.24, 2.45) is 17.6 Å². The standard InChI is InChI=1S/C22H28N4O3/c23-18-11-16-7-4-8-17(12-18)21(16)24-19(27)14-26-20(28)9-10-25(22(26)29)13-15-5-2-1-3-6-15/h1-3,5-6,9-10,16-18,21H,4,7-8,11-14,23H2,(H,24,27). The Labute approximate surface area is 169 Å². The van der Waals surface area contributed by atoms with Gasteiger partial charge in [0, 0.05) is 24.3 Å². The van der Waals surface area contributed by atoms with Crippen molar-refractivity contribution in [3.05, 3.63) is 69.0 Å². The molecule has 3 N–H and O–H groups in total. The number of fused-ring (bicyclic) bond motifs is 2. The van der Waals surface area contributed by atoms with E-state index in [4.69, 9.17) is 5.73 Å². The molecule has 4 rings (SSSR count). The summed E-state index contributed by atoms with van der Waals surface area (Å²) < 4.78 is 2.47. The zero-order chi connectivity index (χ0) is 20.4. The molecule has 0 aliphatic heterocycles. The third kappa shape index (κ3) is 4.34. The van der Waals surface area contributed by atoms with E-state index in [9.17, 15) is 14.4 Å². The number of aromatic nitrogens is 2. The summed E-state index contributed by atoms with van der Waals surface area (Å²) in [5.41, 5.74) is 6.19. The van der Waals surface area contributed by atoms with Gasteiger partial charge in [0.15, 0.2) is 0 Å². The van der Waals surface area contributed by atoms with Crippen LogP contribution in [0.1, 0.15) is 37.7 Å². The smallest absolute Gasteiger partial charge is 0.331 e. The van der Waals surface area contributed by atoms with Crippen molar-refractivity contribution in [3.8, 4) is 0 Å². The molecule has 1 heterocycles. The highest BCUT2D eigenvalue weighted by Gasteiger charge is 2.39. The molecule has 0 saturated heterocycles. The molecule has 7 nitrogen and oxygen atoms in total. The van der Waals surface area contributed by atoms with Gasteiger partial charge < -0.3 is 11.1 Å². The Morgan fingerprint density at radius 3 is 2.45 bits per heavy atom. The topological polar surface area (TPSA) is 99.1 Å². The lowest BCUT2D eigenvalue weighted by Crippen LogP contribution is -2.55. The van der Waals surface area contributed by atoms with E-state index in [1.165, 1.54) is 23.3 Å². The summed E-state index contributed by atoms with van der Waals surface area (Å²) in [4.78, 5) is 37.8.